The van der Waals surface area contributed by atoms with Crippen molar-refractivity contribution in [1.82, 2.24) is 29.4 Å². The Kier molecular flexibility index (Phi) is 6.27. The van der Waals surface area contributed by atoms with Gasteiger partial charge in [0.15, 0.2) is 29.6 Å². The minimum atomic E-state index is -0.367. The standard InChI is InChI=1S/C30H25N7O5/c1-18-25-26(22-10-7-13-40-22)27-28-33-24(16-41-32-15-19-11-12-21(38-2)23(14-19)39-3)35-36(28)17-31-29(27)42-30(25)37(34-18)20-8-5-4-6-9-20/h4-15,17,26H,16H2,1-3H3/b32-15+. The third-order valence-corrected chi connectivity index (χ3v) is 6.97. The van der Waals surface area contributed by atoms with Crippen LogP contribution in [0, 0.1) is 6.92 Å². The summed E-state index contributed by atoms with van der Waals surface area (Å²) in [4.78, 5) is 14.9. The number of ether oxygens (including phenoxy) is 3. The molecule has 1 aliphatic heterocycles. The molecule has 0 fully saturated rings. The molecule has 210 valence electrons. The molecule has 0 aliphatic carbocycles. The number of hydrogen-bond donors (Lipinski definition) is 0. The van der Waals surface area contributed by atoms with Gasteiger partial charge in [-0.3, -0.25) is 0 Å². The van der Waals surface area contributed by atoms with Crippen LogP contribution in [-0.4, -0.2) is 49.8 Å². The molecule has 0 saturated heterocycles. The van der Waals surface area contributed by atoms with Gasteiger partial charge < -0.3 is 23.5 Å². The zero-order chi connectivity index (χ0) is 28.6. The number of aryl methyl sites for hydroxylation is 1. The van der Waals surface area contributed by atoms with Gasteiger partial charge in [-0.15, -0.1) is 5.10 Å². The summed E-state index contributed by atoms with van der Waals surface area (Å²) in [7, 11) is 3.17. The molecule has 0 amide bonds. The van der Waals surface area contributed by atoms with Crippen LogP contribution in [0.2, 0.25) is 0 Å². The van der Waals surface area contributed by atoms with Crippen LogP contribution in [0.25, 0.3) is 11.3 Å². The molecule has 0 radical (unpaired) electrons. The molecule has 2 aromatic carbocycles. The number of hydrogen-bond acceptors (Lipinski definition) is 10. The van der Waals surface area contributed by atoms with Crippen LogP contribution in [0.3, 0.4) is 0 Å². The number of aromatic nitrogens is 6. The molecule has 0 saturated carbocycles. The van der Waals surface area contributed by atoms with Gasteiger partial charge in [0, 0.05) is 5.56 Å². The van der Waals surface area contributed by atoms with E-state index >= 15 is 0 Å². The first kappa shape index (κ1) is 25.3. The third-order valence-electron chi connectivity index (χ3n) is 6.97. The van der Waals surface area contributed by atoms with Crippen LogP contribution in [0.1, 0.15) is 39.9 Å². The maximum atomic E-state index is 6.41. The number of para-hydroxylation sites is 1. The number of oxime groups is 1. The van der Waals surface area contributed by atoms with Gasteiger partial charge in [0.05, 0.1) is 55.1 Å². The third kappa shape index (κ3) is 4.29. The Morgan fingerprint density at radius 1 is 0.976 bits per heavy atom. The minimum absolute atomic E-state index is 0.0444. The molecule has 1 aliphatic rings. The van der Waals surface area contributed by atoms with Crippen LogP contribution in [0.15, 0.2) is 82.8 Å². The maximum absolute atomic E-state index is 6.41. The lowest BCUT2D eigenvalue weighted by molar-refractivity contribution is 0.126. The SMILES string of the molecule is COc1ccc(/C=N/OCc2nc3c4c(ncn3n2)Oc2c(c(C)nn2-c2ccccc2)C4c2ccco2)cc1OC. The summed E-state index contributed by atoms with van der Waals surface area (Å²) >= 11 is 0. The summed E-state index contributed by atoms with van der Waals surface area (Å²) in [6.07, 6.45) is 4.79. The van der Waals surface area contributed by atoms with E-state index in [-0.39, 0.29) is 12.5 Å². The van der Waals surface area contributed by atoms with Gasteiger partial charge in [0.1, 0.15) is 12.1 Å². The van der Waals surface area contributed by atoms with E-state index in [1.165, 1.54) is 0 Å². The molecular weight excluding hydrogens is 538 g/mol. The maximum Gasteiger partial charge on any atom is 0.230 e. The normalized spacial score (nSPS) is 14.0. The Bertz CT molecular complexity index is 1910. The average Bonchev–Trinajstić information content (AvgIpc) is 3.78. The highest BCUT2D eigenvalue weighted by molar-refractivity contribution is 5.80. The van der Waals surface area contributed by atoms with E-state index in [0.29, 0.717) is 40.5 Å². The second kappa shape index (κ2) is 10.4. The van der Waals surface area contributed by atoms with Crippen molar-refractivity contribution in [1.29, 1.82) is 0 Å². The average molecular weight is 564 g/mol. The number of fused-ring (bicyclic) bond motifs is 4. The van der Waals surface area contributed by atoms with Gasteiger partial charge in [-0.1, -0.05) is 23.4 Å². The largest absolute Gasteiger partial charge is 0.493 e. The van der Waals surface area contributed by atoms with Crippen LogP contribution >= 0.6 is 0 Å². The van der Waals surface area contributed by atoms with E-state index in [2.05, 4.69) is 15.2 Å². The summed E-state index contributed by atoms with van der Waals surface area (Å²) in [6.45, 7) is 2.00. The molecular formula is C30H25N7O5. The first-order valence-corrected chi connectivity index (χ1v) is 13.1. The van der Waals surface area contributed by atoms with E-state index < -0.39 is 0 Å². The monoisotopic (exact) mass is 563 g/mol. The highest BCUT2D eigenvalue weighted by Gasteiger charge is 2.39. The van der Waals surface area contributed by atoms with Gasteiger partial charge in [0.25, 0.3) is 0 Å². The highest BCUT2D eigenvalue weighted by atomic mass is 16.6. The van der Waals surface area contributed by atoms with E-state index in [9.17, 15) is 0 Å². The number of benzene rings is 2. The molecule has 0 bridgehead atoms. The van der Waals surface area contributed by atoms with Gasteiger partial charge >= 0.3 is 0 Å². The van der Waals surface area contributed by atoms with Crippen molar-refractivity contribution < 1.29 is 23.5 Å². The Labute approximate surface area is 239 Å². The van der Waals surface area contributed by atoms with Crippen LogP contribution in [-0.2, 0) is 11.4 Å². The summed E-state index contributed by atoms with van der Waals surface area (Å²) in [5.41, 5.74) is 4.63. The first-order chi connectivity index (χ1) is 20.6. The number of rotatable bonds is 8. The van der Waals surface area contributed by atoms with Crippen molar-refractivity contribution in [2.75, 3.05) is 14.2 Å². The molecule has 12 heteroatoms. The Morgan fingerprint density at radius 2 is 1.83 bits per heavy atom. The summed E-state index contributed by atoms with van der Waals surface area (Å²) in [6, 6.07) is 19.1. The first-order valence-electron chi connectivity index (χ1n) is 13.1. The van der Waals surface area contributed by atoms with Gasteiger partial charge in [-0.2, -0.15) is 5.10 Å². The quantitative estimate of drug-likeness (QED) is 0.184. The minimum Gasteiger partial charge on any atom is -0.493 e. The zero-order valence-corrected chi connectivity index (χ0v) is 23.0. The summed E-state index contributed by atoms with van der Waals surface area (Å²) < 4.78 is 26.3. The summed E-state index contributed by atoms with van der Waals surface area (Å²) in [5, 5.41) is 13.5. The molecule has 1 atom stereocenters. The molecule has 7 rings (SSSR count). The fourth-order valence-electron chi connectivity index (χ4n) is 5.09. The van der Waals surface area contributed by atoms with E-state index in [0.717, 1.165) is 28.1 Å². The van der Waals surface area contributed by atoms with Crippen LogP contribution in [0.4, 0.5) is 0 Å². The fourth-order valence-corrected chi connectivity index (χ4v) is 5.09. The van der Waals surface area contributed by atoms with E-state index in [4.69, 9.17) is 33.5 Å². The second-order valence-corrected chi connectivity index (χ2v) is 9.48. The molecule has 1 unspecified atom stereocenters. The summed E-state index contributed by atoms with van der Waals surface area (Å²) in [5.74, 6) is 2.99. The van der Waals surface area contributed by atoms with Gasteiger partial charge in [-0.25, -0.2) is 19.2 Å². The Hall–Kier alpha value is -5.65. The highest BCUT2D eigenvalue weighted by Crippen LogP contribution is 2.49. The molecule has 6 aromatic rings. The van der Waals surface area contributed by atoms with Crippen molar-refractivity contribution in [3.8, 4) is 28.9 Å². The van der Waals surface area contributed by atoms with Crippen molar-refractivity contribution in [2.45, 2.75) is 19.4 Å². The lowest BCUT2D eigenvalue weighted by Gasteiger charge is -2.24. The van der Waals surface area contributed by atoms with Gasteiger partial charge in [-0.05, 0) is 49.4 Å². The predicted molar refractivity (Wildman–Crippen MR) is 151 cm³/mol. The molecule has 0 spiro atoms. The second-order valence-electron chi connectivity index (χ2n) is 9.48. The van der Waals surface area contributed by atoms with Crippen LogP contribution in [0.5, 0.6) is 23.3 Å². The fraction of sp³-hybridized carbons (Fsp3) is 0.167. The van der Waals surface area contributed by atoms with E-state index in [1.54, 1.807) is 54.4 Å². The molecule has 4 aromatic heterocycles. The Morgan fingerprint density at radius 3 is 2.62 bits per heavy atom. The smallest absolute Gasteiger partial charge is 0.230 e. The Balaban J connectivity index is 1.22. The lowest BCUT2D eigenvalue weighted by atomic mass is 9.88. The molecule has 5 heterocycles. The van der Waals surface area contributed by atoms with Crippen molar-refractivity contribution >= 4 is 11.9 Å². The number of nitrogens with zero attached hydrogens (tertiary/aromatic N) is 7. The van der Waals surface area contributed by atoms with Gasteiger partial charge in [0.2, 0.25) is 11.8 Å². The topological polar surface area (TPSA) is 123 Å². The van der Waals surface area contributed by atoms with Crippen molar-refractivity contribution in [3.63, 3.8) is 0 Å². The van der Waals surface area contributed by atoms with Crippen molar-refractivity contribution in [2.24, 2.45) is 5.16 Å². The molecule has 42 heavy (non-hydrogen) atoms. The predicted octanol–water partition coefficient (Wildman–Crippen LogP) is 5.07. The van der Waals surface area contributed by atoms with Crippen LogP contribution < -0.4 is 14.2 Å². The lowest BCUT2D eigenvalue weighted by Crippen LogP contribution is -2.15. The molecule has 12 nitrogen and oxygen atoms in total. The van der Waals surface area contributed by atoms with Crippen molar-refractivity contribution in [3.05, 3.63) is 107 Å². The zero-order valence-electron chi connectivity index (χ0n) is 23.0. The molecule has 0 N–H and O–H groups in total. The number of furan rings is 1. The van der Waals surface area contributed by atoms with E-state index in [1.807, 2.05) is 55.5 Å². The number of methoxy groups -OCH3 is 2.